The van der Waals surface area contributed by atoms with E-state index in [2.05, 4.69) is 12.2 Å². The van der Waals surface area contributed by atoms with Crippen molar-refractivity contribution in [1.82, 2.24) is 5.32 Å². The predicted molar refractivity (Wildman–Crippen MR) is 103 cm³/mol. The van der Waals surface area contributed by atoms with Crippen LogP contribution in [0.25, 0.3) is 0 Å². The number of nitrogens with one attached hydrogen (secondary N) is 1. The zero-order chi connectivity index (χ0) is 17.4. The van der Waals surface area contributed by atoms with E-state index < -0.39 is 0 Å². The third kappa shape index (κ3) is 6.18. The van der Waals surface area contributed by atoms with Gasteiger partial charge in [-0.05, 0) is 43.3 Å². The molecule has 5 heteroatoms. The van der Waals surface area contributed by atoms with Gasteiger partial charge >= 0.3 is 0 Å². The van der Waals surface area contributed by atoms with E-state index in [0.29, 0.717) is 21.7 Å². The standard InChI is InChI=1S/C19H22Cl3NO/c1-2-3-4-9-23-12-15-10-16(20)7-8-19(15)24-13-14-5-6-17(21)11-18(14)22/h5-8,10-11,23H,2-4,9,12-13H2,1H3. The van der Waals surface area contributed by atoms with Gasteiger partial charge in [0.2, 0.25) is 0 Å². The van der Waals surface area contributed by atoms with E-state index >= 15 is 0 Å². The van der Waals surface area contributed by atoms with Crippen molar-refractivity contribution < 1.29 is 4.74 Å². The normalized spacial score (nSPS) is 10.8. The molecule has 0 aliphatic carbocycles. The minimum Gasteiger partial charge on any atom is -0.489 e. The monoisotopic (exact) mass is 385 g/mol. The van der Waals surface area contributed by atoms with Gasteiger partial charge < -0.3 is 10.1 Å². The summed E-state index contributed by atoms with van der Waals surface area (Å²) < 4.78 is 5.95. The molecule has 2 nitrogen and oxygen atoms in total. The van der Waals surface area contributed by atoms with Crippen molar-refractivity contribution in [3.63, 3.8) is 0 Å². The molecular weight excluding hydrogens is 365 g/mol. The Balaban J connectivity index is 1.98. The molecule has 0 radical (unpaired) electrons. The van der Waals surface area contributed by atoms with Gasteiger partial charge in [0.1, 0.15) is 12.4 Å². The Bertz CT molecular complexity index is 661. The third-order valence-corrected chi connectivity index (χ3v) is 4.52. The van der Waals surface area contributed by atoms with Gasteiger partial charge in [-0.25, -0.2) is 0 Å². The second kappa shape index (κ2) is 10.1. The average molecular weight is 387 g/mol. The molecule has 2 aromatic carbocycles. The van der Waals surface area contributed by atoms with E-state index in [1.165, 1.54) is 19.3 Å². The predicted octanol–water partition coefficient (Wildman–Crippen LogP) is 6.51. The molecule has 2 rings (SSSR count). The summed E-state index contributed by atoms with van der Waals surface area (Å²) in [5.74, 6) is 0.813. The molecule has 0 spiro atoms. The maximum atomic E-state index is 6.19. The quantitative estimate of drug-likeness (QED) is 0.496. The minimum atomic E-state index is 0.389. The first-order chi connectivity index (χ1) is 11.6. The van der Waals surface area contributed by atoms with Crippen LogP contribution in [0, 0.1) is 0 Å². The smallest absolute Gasteiger partial charge is 0.124 e. The van der Waals surface area contributed by atoms with Crippen molar-refractivity contribution in [2.24, 2.45) is 0 Å². The first-order valence-electron chi connectivity index (χ1n) is 8.16. The Morgan fingerprint density at radius 3 is 2.42 bits per heavy atom. The molecule has 0 heterocycles. The average Bonchev–Trinajstić information content (AvgIpc) is 2.55. The molecule has 24 heavy (non-hydrogen) atoms. The molecule has 0 amide bonds. The van der Waals surface area contributed by atoms with Crippen LogP contribution in [0.3, 0.4) is 0 Å². The van der Waals surface area contributed by atoms with Crippen LogP contribution in [-0.4, -0.2) is 6.54 Å². The van der Waals surface area contributed by atoms with Crippen LogP contribution < -0.4 is 10.1 Å². The summed E-state index contributed by atoms with van der Waals surface area (Å²) in [5, 5.41) is 5.37. The van der Waals surface area contributed by atoms with Crippen LogP contribution in [0.2, 0.25) is 15.1 Å². The Hall–Kier alpha value is -0.930. The molecule has 0 unspecified atom stereocenters. The highest BCUT2D eigenvalue weighted by Gasteiger charge is 2.07. The van der Waals surface area contributed by atoms with Gasteiger partial charge in [0, 0.05) is 32.7 Å². The first kappa shape index (κ1) is 19.4. The summed E-state index contributed by atoms with van der Waals surface area (Å²) in [6, 6.07) is 11.1. The Morgan fingerprint density at radius 1 is 0.917 bits per heavy atom. The number of ether oxygens (including phenoxy) is 1. The number of benzene rings is 2. The number of hydrogen-bond acceptors (Lipinski definition) is 2. The summed E-state index contributed by atoms with van der Waals surface area (Å²) in [5.41, 5.74) is 1.95. The molecule has 0 aliphatic heterocycles. The molecule has 0 saturated heterocycles. The maximum absolute atomic E-state index is 6.19. The summed E-state index contributed by atoms with van der Waals surface area (Å²) in [7, 11) is 0. The molecule has 0 atom stereocenters. The van der Waals surface area contributed by atoms with Gasteiger partial charge in [-0.2, -0.15) is 0 Å². The van der Waals surface area contributed by atoms with Crippen LogP contribution >= 0.6 is 34.8 Å². The molecule has 0 saturated carbocycles. The lowest BCUT2D eigenvalue weighted by molar-refractivity contribution is 0.302. The SMILES string of the molecule is CCCCCNCc1cc(Cl)ccc1OCc1ccc(Cl)cc1Cl. The van der Waals surface area contributed by atoms with Crippen LogP contribution in [-0.2, 0) is 13.2 Å². The third-order valence-electron chi connectivity index (χ3n) is 3.69. The zero-order valence-electron chi connectivity index (χ0n) is 13.7. The number of hydrogen-bond donors (Lipinski definition) is 1. The second-order valence-corrected chi connectivity index (χ2v) is 6.94. The molecule has 0 bridgehead atoms. The zero-order valence-corrected chi connectivity index (χ0v) is 16.0. The van der Waals surface area contributed by atoms with Crippen molar-refractivity contribution in [3.05, 3.63) is 62.6 Å². The molecule has 1 N–H and O–H groups in total. The number of halogens is 3. The lowest BCUT2D eigenvalue weighted by atomic mass is 10.2. The van der Waals surface area contributed by atoms with Crippen LogP contribution in [0.15, 0.2) is 36.4 Å². The van der Waals surface area contributed by atoms with E-state index in [4.69, 9.17) is 39.5 Å². The van der Waals surface area contributed by atoms with Gasteiger partial charge in [0.05, 0.1) is 0 Å². The topological polar surface area (TPSA) is 21.3 Å². The highest BCUT2D eigenvalue weighted by molar-refractivity contribution is 6.35. The molecule has 2 aromatic rings. The van der Waals surface area contributed by atoms with Gasteiger partial charge in [0.15, 0.2) is 0 Å². The second-order valence-electron chi connectivity index (χ2n) is 5.66. The fourth-order valence-corrected chi connectivity index (χ4v) is 3.00. The Labute approximate surface area is 159 Å². The lowest BCUT2D eigenvalue weighted by Crippen LogP contribution is -2.15. The van der Waals surface area contributed by atoms with Crippen molar-refractivity contribution in [2.45, 2.75) is 39.3 Å². The van der Waals surface area contributed by atoms with E-state index in [-0.39, 0.29) is 0 Å². The molecule has 130 valence electrons. The van der Waals surface area contributed by atoms with Gasteiger partial charge in [-0.1, -0.05) is 60.6 Å². The van der Waals surface area contributed by atoms with Crippen molar-refractivity contribution >= 4 is 34.8 Å². The summed E-state index contributed by atoms with van der Waals surface area (Å²) in [4.78, 5) is 0. The molecule has 0 aliphatic rings. The van der Waals surface area contributed by atoms with E-state index in [0.717, 1.165) is 30.0 Å². The fourth-order valence-electron chi connectivity index (χ4n) is 2.34. The van der Waals surface area contributed by atoms with E-state index in [9.17, 15) is 0 Å². The van der Waals surface area contributed by atoms with Crippen LogP contribution in [0.1, 0.15) is 37.3 Å². The molecular formula is C19H22Cl3NO. The van der Waals surface area contributed by atoms with Gasteiger partial charge in [0.25, 0.3) is 0 Å². The fraction of sp³-hybridized carbons (Fsp3) is 0.368. The largest absolute Gasteiger partial charge is 0.489 e. The van der Waals surface area contributed by atoms with Crippen LogP contribution in [0.5, 0.6) is 5.75 Å². The highest BCUT2D eigenvalue weighted by atomic mass is 35.5. The molecule has 0 aromatic heterocycles. The van der Waals surface area contributed by atoms with Gasteiger partial charge in [-0.15, -0.1) is 0 Å². The summed E-state index contributed by atoms with van der Waals surface area (Å²) >= 11 is 18.2. The summed E-state index contributed by atoms with van der Waals surface area (Å²) in [6.45, 7) is 4.31. The maximum Gasteiger partial charge on any atom is 0.124 e. The first-order valence-corrected chi connectivity index (χ1v) is 9.29. The van der Waals surface area contributed by atoms with E-state index in [1.54, 1.807) is 6.07 Å². The highest BCUT2D eigenvalue weighted by Crippen LogP contribution is 2.26. The number of unbranched alkanes of at least 4 members (excludes halogenated alkanes) is 2. The van der Waals surface area contributed by atoms with E-state index in [1.807, 2.05) is 30.3 Å². The Morgan fingerprint density at radius 2 is 1.67 bits per heavy atom. The lowest BCUT2D eigenvalue weighted by Gasteiger charge is -2.13. The van der Waals surface area contributed by atoms with Crippen molar-refractivity contribution in [1.29, 1.82) is 0 Å². The molecule has 0 fully saturated rings. The van der Waals surface area contributed by atoms with Crippen molar-refractivity contribution in [2.75, 3.05) is 6.54 Å². The summed E-state index contributed by atoms with van der Waals surface area (Å²) in [6.07, 6.45) is 3.63. The van der Waals surface area contributed by atoms with Crippen molar-refractivity contribution in [3.8, 4) is 5.75 Å². The minimum absolute atomic E-state index is 0.389. The Kier molecular flexibility index (Phi) is 8.20. The van der Waals surface area contributed by atoms with Gasteiger partial charge in [-0.3, -0.25) is 0 Å². The van der Waals surface area contributed by atoms with Crippen LogP contribution in [0.4, 0.5) is 0 Å². The number of rotatable bonds is 9.